The second-order valence-electron chi connectivity index (χ2n) is 7.51. The van der Waals surface area contributed by atoms with Crippen LogP contribution in [0.2, 0.25) is 0 Å². The van der Waals surface area contributed by atoms with Gasteiger partial charge in [0.25, 0.3) is 5.91 Å². The van der Waals surface area contributed by atoms with Gasteiger partial charge in [0.1, 0.15) is 11.1 Å². The lowest BCUT2D eigenvalue weighted by atomic mass is 9.99. The molecule has 1 N–H and O–H groups in total. The molecule has 144 valence electrons. The van der Waals surface area contributed by atoms with Gasteiger partial charge in [0.05, 0.1) is 16.8 Å². The summed E-state index contributed by atoms with van der Waals surface area (Å²) >= 11 is 1.77. The van der Waals surface area contributed by atoms with E-state index >= 15 is 0 Å². The maximum atomic E-state index is 12.3. The number of benzene rings is 2. The summed E-state index contributed by atoms with van der Waals surface area (Å²) in [5, 5.41) is 4.18. The van der Waals surface area contributed by atoms with Crippen molar-refractivity contribution in [2.45, 2.75) is 38.5 Å². The number of para-hydroxylation sites is 1. The first-order chi connectivity index (χ1) is 13.7. The first-order valence-corrected chi connectivity index (χ1v) is 10.7. The first kappa shape index (κ1) is 17.8. The standard InChI is InChI=1S/C22H23N3O2S/c26-22(19-5-3-11-27-19)23-17-8-7-15-9-10-25(13-16(15)12-17)14-21-24-18-4-1-2-6-20(18)28-21/h1-2,4,6-8,12,19H,3,5,9-11,13-14H2,(H,23,26). The van der Waals surface area contributed by atoms with Gasteiger partial charge in [-0.2, -0.15) is 0 Å². The quantitative estimate of drug-likeness (QED) is 0.729. The number of fused-ring (bicyclic) bond motifs is 2. The van der Waals surface area contributed by atoms with Crippen molar-refractivity contribution in [2.24, 2.45) is 0 Å². The summed E-state index contributed by atoms with van der Waals surface area (Å²) in [4.78, 5) is 19.5. The molecule has 0 spiro atoms. The van der Waals surface area contributed by atoms with Gasteiger partial charge in [-0.3, -0.25) is 9.69 Å². The van der Waals surface area contributed by atoms with E-state index in [1.807, 2.05) is 12.1 Å². The highest BCUT2D eigenvalue weighted by Crippen LogP contribution is 2.27. The van der Waals surface area contributed by atoms with Gasteiger partial charge in [0.15, 0.2) is 0 Å². The van der Waals surface area contributed by atoms with Crippen molar-refractivity contribution >= 4 is 33.1 Å². The monoisotopic (exact) mass is 393 g/mol. The molecule has 6 heteroatoms. The Morgan fingerprint density at radius 3 is 3.04 bits per heavy atom. The highest BCUT2D eigenvalue weighted by molar-refractivity contribution is 7.18. The second kappa shape index (κ2) is 7.62. The van der Waals surface area contributed by atoms with E-state index in [1.54, 1.807) is 11.3 Å². The third-order valence-electron chi connectivity index (χ3n) is 5.48. The molecule has 28 heavy (non-hydrogen) atoms. The molecule has 2 aliphatic heterocycles. The van der Waals surface area contributed by atoms with Crippen LogP contribution in [0.4, 0.5) is 5.69 Å². The average molecular weight is 394 g/mol. The molecule has 0 bridgehead atoms. The normalized spacial score (nSPS) is 19.6. The first-order valence-electron chi connectivity index (χ1n) is 9.86. The highest BCUT2D eigenvalue weighted by atomic mass is 32.1. The number of carbonyl (C=O) groups excluding carboxylic acids is 1. The van der Waals surface area contributed by atoms with E-state index in [2.05, 4.69) is 40.5 Å². The van der Waals surface area contributed by atoms with Gasteiger partial charge in [-0.1, -0.05) is 18.2 Å². The van der Waals surface area contributed by atoms with Crippen LogP contribution in [0.1, 0.15) is 29.0 Å². The molecule has 1 fully saturated rings. The SMILES string of the molecule is O=C(Nc1ccc2c(c1)CN(Cc1nc3ccccc3s1)CC2)C1CCCO1. The number of hydrogen-bond acceptors (Lipinski definition) is 5. The number of ether oxygens (including phenoxy) is 1. The van der Waals surface area contributed by atoms with Crippen LogP contribution in [-0.4, -0.2) is 35.0 Å². The molecule has 0 radical (unpaired) electrons. The Morgan fingerprint density at radius 2 is 2.18 bits per heavy atom. The smallest absolute Gasteiger partial charge is 0.253 e. The van der Waals surface area contributed by atoms with E-state index in [0.29, 0.717) is 6.61 Å². The summed E-state index contributed by atoms with van der Waals surface area (Å²) in [7, 11) is 0. The molecule has 0 saturated carbocycles. The maximum absolute atomic E-state index is 12.3. The largest absolute Gasteiger partial charge is 0.368 e. The van der Waals surface area contributed by atoms with E-state index in [1.165, 1.54) is 15.8 Å². The minimum absolute atomic E-state index is 0.0282. The summed E-state index contributed by atoms with van der Waals surface area (Å²) in [6, 6.07) is 14.6. The Hall–Kier alpha value is -2.28. The molecular formula is C22H23N3O2S. The zero-order chi connectivity index (χ0) is 18.9. The number of nitrogens with zero attached hydrogens (tertiary/aromatic N) is 2. The zero-order valence-electron chi connectivity index (χ0n) is 15.7. The molecule has 1 amide bonds. The fraction of sp³-hybridized carbons (Fsp3) is 0.364. The van der Waals surface area contributed by atoms with Crippen molar-refractivity contribution in [1.82, 2.24) is 9.88 Å². The number of anilines is 1. The molecule has 5 rings (SSSR count). The van der Waals surface area contributed by atoms with Crippen LogP contribution in [0, 0.1) is 0 Å². The number of rotatable bonds is 4. The lowest BCUT2D eigenvalue weighted by Gasteiger charge is -2.28. The Kier molecular flexibility index (Phi) is 4.84. The van der Waals surface area contributed by atoms with Crippen molar-refractivity contribution < 1.29 is 9.53 Å². The lowest BCUT2D eigenvalue weighted by molar-refractivity contribution is -0.124. The summed E-state index contributed by atoms with van der Waals surface area (Å²) in [5.41, 5.74) is 4.60. The van der Waals surface area contributed by atoms with Gasteiger partial charge in [0.2, 0.25) is 0 Å². The van der Waals surface area contributed by atoms with Crippen LogP contribution in [0.3, 0.4) is 0 Å². The van der Waals surface area contributed by atoms with Crippen LogP contribution >= 0.6 is 11.3 Å². The Balaban J connectivity index is 1.28. The van der Waals surface area contributed by atoms with Gasteiger partial charge in [-0.05, 0) is 54.7 Å². The molecule has 1 unspecified atom stereocenters. The predicted molar refractivity (Wildman–Crippen MR) is 111 cm³/mol. The van der Waals surface area contributed by atoms with Gasteiger partial charge >= 0.3 is 0 Å². The fourth-order valence-electron chi connectivity index (χ4n) is 4.01. The van der Waals surface area contributed by atoms with E-state index < -0.39 is 0 Å². The molecule has 2 aliphatic rings. The van der Waals surface area contributed by atoms with Gasteiger partial charge < -0.3 is 10.1 Å². The number of amides is 1. The molecular weight excluding hydrogens is 370 g/mol. The third kappa shape index (κ3) is 3.68. The minimum Gasteiger partial charge on any atom is -0.368 e. The van der Waals surface area contributed by atoms with E-state index in [0.717, 1.165) is 55.1 Å². The van der Waals surface area contributed by atoms with E-state index in [-0.39, 0.29) is 12.0 Å². The van der Waals surface area contributed by atoms with Crippen molar-refractivity contribution in [2.75, 3.05) is 18.5 Å². The number of thiazole rings is 1. The Morgan fingerprint density at radius 1 is 1.25 bits per heavy atom. The third-order valence-corrected chi connectivity index (χ3v) is 6.51. The number of carbonyl (C=O) groups is 1. The van der Waals surface area contributed by atoms with Crippen LogP contribution in [0.25, 0.3) is 10.2 Å². The second-order valence-corrected chi connectivity index (χ2v) is 8.63. The summed E-state index contributed by atoms with van der Waals surface area (Å²) in [6.07, 6.45) is 2.50. The topological polar surface area (TPSA) is 54.5 Å². The maximum Gasteiger partial charge on any atom is 0.253 e. The number of nitrogens with one attached hydrogen (secondary N) is 1. The van der Waals surface area contributed by atoms with Crippen LogP contribution < -0.4 is 5.32 Å². The van der Waals surface area contributed by atoms with Crippen LogP contribution in [0.15, 0.2) is 42.5 Å². The lowest BCUT2D eigenvalue weighted by Crippen LogP contribution is -2.30. The fourth-order valence-corrected chi connectivity index (χ4v) is 5.02. The predicted octanol–water partition coefficient (Wildman–Crippen LogP) is 3.97. The van der Waals surface area contributed by atoms with Gasteiger partial charge in [0, 0.05) is 25.4 Å². The Bertz CT molecular complexity index is 977. The van der Waals surface area contributed by atoms with Crippen LogP contribution in [0.5, 0.6) is 0 Å². The van der Waals surface area contributed by atoms with E-state index in [9.17, 15) is 4.79 Å². The van der Waals surface area contributed by atoms with Crippen LogP contribution in [-0.2, 0) is 29.0 Å². The van der Waals surface area contributed by atoms with Crippen molar-refractivity contribution in [1.29, 1.82) is 0 Å². The molecule has 0 aliphatic carbocycles. The molecule has 1 atom stereocenters. The molecule has 5 nitrogen and oxygen atoms in total. The molecule has 1 saturated heterocycles. The summed E-state index contributed by atoms with van der Waals surface area (Å²) < 4.78 is 6.73. The minimum atomic E-state index is -0.299. The average Bonchev–Trinajstić information content (AvgIpc) is 3.37. The highest BCUT2D eigenvalue weighted by Gasteiger charge is 2.24. The van der Waals surface area contributed by atoms with Crippen molar-refractivity contribution in [3.8, 4) is 0 Å². The van der Waals surface area contributed by atoms with Gasteiger partial charge in [-0.25, -0.2) is 4.98 Å². The zero-order valence-corrected chi connectivity index (χ0v) is 16.5. The molecule has 3 aromatic rings. The van der Waals surface area contributed by atoms with E-state index in [4.69, 9.17) is 9.72 Å². The molecule has 3 heterocycles. The number of hydrogen-bond donors (Lipinski definition) is 1. The molecule has 1 aromatic heterocycles. The Labute approximate surface area is 168 Å². The molecule has 2 aromatic carbocycles. The van der Waals surface area contributed by atoms with Crippen molar-refractivity contribution in [3.63, 3.8) is 0 Å². The summed E-state index contributed by atoms with van der Waals surface area (Å²) in [6.45, 7) is 3.47. The number of aromatic nitrogens is 1. The van der Waals surface area contributed by atoms with Gasteiger partial charge in [-0.15, -0.1) is 11.3 Å². The summed E-state index contributed by atoms with van der Waals surface area (Å²) in [5.74, 6) is -0.0282. The van der Waals surface area contributed by atoms with Crippen molar-refractivity contribution in [3.05, 3.63) is 58.6 Å².